The number of thiophene rings is 1. The molecule has 1 rings (SSSR count). The number of nitrogens with one attached hydrogen (secondary N) is 1. The van der Waals surface area contributed by atoms with Gasteiger partial charge in [-0.15, -0.1) is 11.3 Å². The molecule has 110 valence electrons. The number of rotatable bonds is 10. The molecular weight excluding hydrogens is 330 g/mol. The second-order valence-corrected chi connectivity index (χ2v) is 7.03. The van der Waals surface area contributed by atoms with Gasteiger partial charge in [-0.05, 0) is 41.9 Å². The first kappa shape index (κ1) is 17.1. The lowest BCUT2D eigenvalue weighted by Gasteiger charge is -2.12. The average Bonchev–Trinajstić information content (AvgIpc) is 2.74. The Balaban J connectivity index is 1.97. The summed E-state index contributed by atoms with van der Waals surface area (Å²) in [5.41, 5.74) is 0. The molecule has 0 aliphatic heterocycles. The van der Waals surface area contributed by atoms with Crippen LogP contribution in [0.1, 0.15) is 18.7 Å². The molecule has 6 heteroatoms. The van der Waals surface area contributed by atoms with Gasteiger partial charge in [-0.1, -0.05) is 0 Å². The lowest BCUT2D eigenvalue weighted by atomic mass is 10.3. The standard InChI is InChI=1S/C13H22BrNO3S/c1-10(2)18-6-5-17-9-11(16)7-15-8-12-3-4-13(14)19-12/h3-4,10-11,15-16H,5-9H2,1-2H3. The second-order valence-electron chi connectivity index (χ2n) is 4.49. The van der Waals surface area contributed by atoms with E-state index in [1.54, 1.807) is 11.3 Å². The van der Waals surface area contributed by atoms with Crippen LogP contribution in [0.2, 0.25) is 0 Å². The normalized spacial score (nSPS) is 13.1. The Morgan fingerprint density at radius 2 is 2.16 bits per heavy atom. The molecule has 0 aromatic carbocycles. The Labute approximate surface area is 127 Å². The molecule has 1 unspecified atom stereocenters. The van der Waals surface area contributed by atoms with Crippen LogP contribution >= 0.6 is 27.3 Å². The van der Waals surface area contributed by atoms with Crippen LogP contribution in [0.15, 0.2) is 15.9 Å². The van der Waals surface area contributed by atoms with Gasteiger partial charge in [0.05, 0.1) is 35.8 Å². The van der Waals surface area contributed by atoms with Crippen LogP contribution in [0.25, 0.3) is 0 Å². The highest BCUT2D eigenvalue weighted by molar-refractivity contribution is 9.11. The first-order valence-electron chi connectivity index (χ1n) is 6.40. The zero-order valence-corrected chi connectivity index (χ0v) is 13.8. The maximum atomic E-state index is 9.71. The highest BCUT2D eigenvalue weighted by Crippen LogP contribution is 2.21. The van der Waals surface area contributed by atoms with Gasteiger partial charge in [0.25, 0.3) is 0 Å². The summed E-state index contributed by atoms with van der Waals surface area (Å²) in [4.78, 5) is 1.24. The molecule has 19 heavy (non-hydrogen) atoms. The lowest BCUT2D eigenvalue weighted by Crippen LogP contribution is -2.30. The molecule has 0 saturated heterocycles. The molecule has 0 bridgehead atoms. The largest absolute Gasteiger partial charge is 0.389 e. The van der Waals surface area contributed by atoms with Crippen molar-refractivity contribution in [2.45, 2.75) is 32.6 Å². The van der Waals surface area contributed by atoms with E-state index in [1.807, 2.05) is 19.9 Å². The molecule has 4 nitrogen and oxygen atoms in total. The van der Waals surface area contributed by atoms with Gasteiger partial charge in [0, 0.05) is 18.0 Å². The van der Waals surface area contributed by atoms with Crippen molar-refractivity contribution in [3.63, 3.8) is 0 Å². The first-order chi connectivity index (χ1) is 9.08. The van der Waals surface area contributed by atoms with Crippen LogP contribution in [0.3, 0.4) is 0 Å². The summed E-state index contributed by atoms with van der Waals surface area (Å²) in [6.45, 7) is 6.70. The molecular formula is C13H22BrNO3S. The van der Waals surface area contributed by atoms with E-state index in [9.17, 15) is 5.11 Å². The molecule has 0 spiro atoms. The Morgan fingerprint density at radius 3 is 2.79 bits per heavy atom. The molecule has 0 fully saturated rings. The minimum atomic E-state index is -0.484. The SMILES string of the molecule is CC(C)OCCOCC(O)CNCc1ccc(Br)s1. The van der Waals surface area contributed by atoms with Gasteiger partial charge in [-0.3, -0.25) is 0 Å². The number of hydrogen-bond donors (Lipinski definition) is 2. The van der Waals surface area contributed by atoms with E-state index in [0.29, 0.717) is 26.4 Å². The average molecular weight is 352 g/mol. The molecule has 0 amide bonds. The number of ether oxygens (including phenoxy) is 2. The van der Waals surface area contributed by atoms with Crippen molar-refractivity contribution in [1.82, 2.24) is 5.32 Å². The third-order valence-corrected chi connectivity index (χ3v) is 3.92. The van der Waals surface area contributed by atoms with Gasteiger partial charge < -0.3 is 19.9 Å². The van der Waals surface area contributed by atoms with Crippen molar-refractivity contribution in [1.29, 1.82) is 0 Å². The van der Waals surface area contributed by atoms with Gasteiger partial charge in [0.15, 0.2) is 0 Å². The molecule has 1 heterocycles. The van der Waals surface area contributed by atoms with Crippen LogP contribution in [0, 0.1) is 0 Å². The molecule has 0 aliphatic rings. The number of aliphatic hydroxyl groups is 1. The third kappa shape index (κ3) is 8.73. The van der Waals surface area contributed by atoms with Crippen molar-refractivity contribution in [3.05, 3.63) is 20.8 Å². The van der Waals surface area contributed by atoms with Crippen molar-refractivity contribution in [2.75, 3.05) is 26.4 Å². The maximum Gasteiger partial charge on any atom is 0.0897 e. The highest BCUT2D eigenvalue weighted by Gasteiger charge is 2.04. The zero-order chi connectivity index (χ0) is 14.1. The Morgan fingerprint density at radius 1 is 1.37 bits per heavy atom. The van der Waals surface area contributed by atoms with E-state index in [-0.39, 0.29) is 6.10 Å². The topological polar surface area (TPSA) is 50.7 Å². The predicted octanol–water partition coefficient (Wildman–Crippen LogP) is 2.40. The fourth-order valence-electron chi connectivity index (χ4n) is 1.43. The van der Waals surface area contributed by atoms with Crippen molar-refractivity contribution < 1.29 is 14.6 Å². The monoisotopic (exact) mass is 351 g/mol. The van der Waals surface area contributed by atoms with Gasteiger partial charge in [0.1, 0.15) is 0 Å². The number of halogens is 1. The van der Waals surface area contributed by atoms with Crippen molar-refractivity contribution in [3.8, 4) is 0 Å². The quantitative estimate of drug-likeness (QED) is 0.635. The summed E-state index contributed by atoms with van der Waals surface area (Å²) < 4.78 is 11.8. The summed E-state index contributed by atoms with van der Waals surface area (Å²) in [6.07, 6.45) is -0.261. The fourth-order valence-corrected chi connectivity index (χ4v) is 2.88. The first-order valence-corrected chi connectivity index (χ1v) is 8.01. The minimum Gasteiger partial charge on any atom is -0.389 e. The smallest absolute Gasteiger partial charge is 0.0897 e. The van der Waals surface area contributed by atoms with Gasteiger partial charge in [0.2, 0.25) is 0 Å². The van der Waals surface area contributed by atoms with Gasteiger partial charge in [-0.2, -0.15) is 0 Å². The van der Waals surface area contributed by atoms with Crippen LogP contribution < -0.4 is 5.32 Å². The summed E-state index contributed by atoms with van der Waals surface area (Å²) in [5.74, 6) is 0. The molecule has 1 aromatic heterocycles. The fraction of sp³-hybridized carbons (Fsp3) is 0.692. The second kappa shape index (κ2) is 9.85. The summed E-state index contributed by atoms with van der Waals surface area (Å²) >= 11 is 5.11. The molecule has 1 atom stereocenters. The van der Waals surface area contributed by atoms with Crippen molar-refractivity contribution >= 4 is 27.3 Å². The Kier molecular flexibility index (Phi) is 8.85. The van der Waals surface area contributed by atoms with Crippen LogP contribution in [0.5, 0.6) is 0 Å². The maximum absolute atomic E-state index is 9.71. The predicted molar refractivity (Wildman–Crippen MR) is 81.6 cm³/mol. The van der Waals surface area contributed by atoms with E-state index in [0.717, 1.165) is 10.3 Å². The summed E-state index contributed by atoms with van der Waals surface area (Å²) in [6, 6.07) is 4.09. The van der Waals surface area contributed by atoms with E-state index < -0.39 is 6.10 Å². The highest BCUT2D eigenvalue weighted by atomic mass is 79.9. The molecule has 0 saturated carbocycles. The molecule has 0 aliphatic carbocycles. The van der Waals surface area contributed by atoms with E-state index in [2.05, 4.69) is 27.3 Å². The van der Waals surface area contributed by atoms with Gasteiger partial charge >= 0.3 is 0 Å². The van der Waals surface area contributed by atoms with E-state index in [4.69, 9.17) is 9.47 Å². The molecule has 0 radical (unpaired) electrons. The number of hydrogen-bond acceptors (Lipinski definition) is 5. The molecule has 1 aromatic rings. The Hall–Kier alpha value is 0.0200. The third-order valence-electron chi connectivity index (χ3n) is 2.30. The van der Waals surface area contributed by atoms with Crippen LogP contribution in [-0.2, 0) is 16.0 Å². The van der Waals surface area contributed by atoms with Crippen LogP contribution in [0.4, 0.5) is 0 Å². The van der Waals surface area contributed by atoms with Gasteiger partial charge in [-0.25, -0.2) is 0 Å². The van der Waals surface area contributed by atoms with E-state index in [1.165, 1.54) is 4.88 Å². The van der Waals surface area contributed by atoms with Crippen LogP contribution in [-0.4, -0.2) is 43.7 Å². The minimum absolute atomic E-state index is 0.223. The number of aliphatic hydroxyl groups excluding tert-OH is 1. The van der Waals surface area contributed by atoms with E-state index >= 15 is 0 Å². The summed E-state index contributed by atoms with van der Waals surface area (Å²) in [7, 11) is 0. The molecule has 2 N–H and O–H groups in total. The summed E-state index contributed by atoms with van der Waals surface area (Å²) in [5, 5.41) is 12.9. The zero-order valence-electron chi connectivity index (χ0n) is 11.4. The lowest BCUT2D eigenvalue weighted by molar-refractivity contribution is -0.00999. The van der Waals surface area contributed by atoms with Crippen molar-refractivity contribution in [2.24, 2.45) is 0 Å². The Bertz CT molecular complexity index is 346.